The highest BCUT2D eigenvalue weighted by Gasteiger charge is 2.20. The monoisotopic (exact) mass is 295 g/mol. The van der Waals surface area contributed by atoms with E-state index >= 15 is 0 Å². The van der Waals surface area contributed by atoms with Crippen molar-refractivity contribution in [3.63, 3.8) is 0 Å². The van der Waals surface area contributed by atoms with Crippen molar-refractivity contribution < 1.29 is 4.79 Å². The first kappa shape index (κ1) is 14.6. The second-order valence-corrected chi connectivity index (χ2v) is 6.13. The molecule has 6 nitrogen and oxygen atoms in total. The predicted octanol–water partition coefficient (Wildman–Crippen LogP) is 2.10. The second kappa shape index (κ2) is 5.28. The third-order valence-electron chi connectivity index (χ3n) is 2.53. The number of fused-ring (bicyclic) bond motifs is 1. The van der Waals surface area contributed by atoms with Gasteiger partial charge in [0, 0.05) is 11.7 Å². The molecule has 7 heteroatoms. The first-order valence-corrected chi connectivity index (χ1v) is 6.73. The molecule has 1 atom stereocenters. The van der Waals surface area contributed by atoms with Gasteiger partial charge in [-0.3, -0.25) is 4.79 Å². The van der Waals surface area contributed by atoms with Crippen LogP contribution in [0.5, 0.6) is 0 Å². The predicted molar refractivity (Wildman–Crippen MR) is 79.0 cm³/mol. The van der Waals surface area contributed by atoms with Crippen molar-refractivity contribution in [2.75, 3.05) is 5.32 Å². The Kier molecular flexibility index (Phi) is 3.85. The van der Waals surface area contributed by atoms with Gasteiger partial charge in [-0.15, -0.1) is 5.10 Å². The number of anilines is 1. The van der Waals surface area contributed by atoms with E-state index in [0.717, 1.165) is 0 Å². The van der Waals surface area contributed by atoms with Crippen LogP contribution in [0.15, 0.2) is 18.3 Å². The largest absolute Gasteiger partial charge is 0.350 e. The van der Waals surface area contributed by atoms with Crippen molar-refractivity contribution in [3.05, 3.63) is 23.4 Å². The summed E-state index contributed by atoms with van der Waals surface area (Å²) in [4.78, 5) is 16.3. The number of aromatic nitrogens is 3. The van der Waals surface area contributed by atoms with Crippen LogP contribution >= 0.6 is 11.6 Å². The summed E-state index contributed by atoms with van der Waals surface area (Å²) in [6, 6.07) is 3.08. The van der Waals surface area contributed by atoms with E-state index in [2.05, 4.69) is 20.7 Å². The van der Waals surface area contributed by atoms with Gasteiger partial charge in [0.15, 0.2) is 5.65 Å². The molecule has 1 amide bonds. The first-order valence-electron chi connectivity index (χ1n) is 6.35. The minimum atomic E-state index is -0.429. The molecular formula is C13H18ClN5O. The molecule has 0 bridgehead atoms. The third-order valence-corrected chi connectivity index (χ3v) is 2.76. The Bertz CT molecular complexity index is 631. The van der Waals surface area contributed by atoms with Crippen LogP contribution in [0.3, 0.4) is 0 Å². The molecule has 0 aliphatic heterocycles. The Morgan fingerprint density at radius 2 is 2.10 bits per heavy atom. The molecule has 0 aliphatic carbocycles. The molecule has 0 aliphatic rings. The van der Waals surface area contributed by atoms with E-state index in [1.807, 2.05) is 20.8 Å². The first-order chi connectivity index (χ1) is 9.24. The number of hydrogen-bond acceptors (Lipinski definition) is 4. The van der Waals surface area contributed by atoms with Gasteiger partial charge in [-0.1, -0.05) is 11.6 Å². The van der Waals surface area contributed by atoms with Gasteiger partial charge in [0.25, 0.3) is 0 Å². The molecule has 0 fully saturated rings. The average Bonchev–Trinajstić information content (AvgIpc) is 2.67. The summed E-state index contributed by atoms with van der Waals surface area (Å²) < 4.78 is 1.57. The van der Waals surface area contributed by atoms with Crippen LogP contribution in [0.2, 0.25) is 5.02 Å². The number of pyridine rings is 1. The Morgan fingerprint density at radius 3 is 2.75 bits per heavy atom. The van der Waals surface area contributed by atoms with E-state index in [9.17, 15) is 4.79 Å². The summed E-state index contributed by atoms with van der Waals surface area (Å²) in [5.74, 6) is 0.290. The van der Waals surface area contributed by atoms with Crippen LogP contribution in [0, 0.1) is 0 Å². The van der Waals surface area contributed by atoms with Crippen LogP contribution in [-0.2, 0) is 4.79 Å². The zero-order valence-corrected chi connectivity index (χ0v) is 12.7. The van der Waals surface area contributed by atoms with Crippen molar-refractivity contribution in [2.45, 2.75) is 39.3 Å². The fraction of sp³-hybridized carbons (Fsp3) is 0.462. The molecule has 0 aromatic carbocycles. The van der Waals surface area contributed by atoms with Crippen molar-refractivity contribution in [3.8, 4) is 0 Å². The minimum Gasteiger partial charge on any atom is -0.350 e. The van der Waals surface area contributed by atoms with E-state index in [-0.39, 0.29) is 11.4 Å². The van der Waals surface area contributed by atoms with Gasteiger partial charge in [0.05, 0.1) is 5.02 Å². The summed E-state index contributed by atoms with van der Waals surface area (Å²) in [7, 11) is 0. The standard InChI is InChI=1S/C13H18ClN5O/c1-8(11(20)17-13(2,3)4)15-12-16-10-6-5-9(14)7-19(10)18-12/h5-8H,1-4H3,(H,15,18)(H,17,20). The van der Waals surface area contributed by atoms with Crippen LogP contribution in [0.1, 0.15) is 27.7 Å². The lowest BCUT2D eigenvalue weighted by atomic mass is 10.1. The number of nitrogens with one attached hydrogen (secondary N) is 2. The highest BCUT2D eigenvalue weighted by molar-refractivity contribution is 6.30. The molecule has 2 aromatic heterocycles. The van der Waals surface area contributed by atoms with E-state index in [0.29, 0.717) is 16.6 Å². The zero-order chi connectivity index (χ0) is 14.9. The number of rotatable bonds is 3. The van der Waals surface area contributed by atoms with Crippen molar-refractivity contribution in [2.24, 2.45) is 0 Å². The topological polar surface area (TPSA) is 71.3 Å². The summed E-state index contributed by atoms with van der Waals surface area (Å²) in [6.07, 6.45) is 1.66. The molecule has 20 heavy (non-hydrogen) atoms. The van der Waals surface area contributed by atoms with Crippen LogP contribution < -0.4 is 10.6 Å². The van der Waals surface area contributed by atoms with Gasteiger partial charge >= 0.3 is 0 Å². The lowest BCUT2D eigenvalue weighted by Gasteiger charge is -2.23. The van der Waals surface area contributed by atoms with E-state index in [1.54, 1.807) is 29.8 Å². The van der Waals surface area contributed by atoms with Crippen LogP contribution in [0.25, 0.3) is 5.65 Å². The number of hydrogen-bond donors (Lipinski definition) is 2. The normalized spacial score (nSPS) is 13.2. The number of halogens is 1. The number of nitrogens with zero attached hydrogens (tertiary/aromatic N) is 3. The molecule has 0 radical (unpaired) electrons. The molecule has 2 aromatic rings. The van der Waals surface area contributed by atoms with E-state index in [4.69, 9.17) is 11.6 Å². The van der Waals surface area contributed by atoms with Crippen molar-refractivity contribution in [1.29, 1.82) is 0 Å². The maximum atomic E-state index is 12.0. The Labute approximate surface area is 122 Å². The summed E-state index contributed by atoms with van der Waals surface area (Å²) in [5.41, 5.74) is 0.396. The van der Waals surface area contributed by atoms with Gasteiger partial charge in [0.2, 0.25) is 11.9 Å². The lowest BCUT2D eigenvalue weighted by molar-refractivity contribution is -0.122. The van der Waals surface area contributed by atoms with Crippen molar-refractivity contribution >= 4 is 29.1 Å². The van der Waals surface area contributed by atoms with Gasteiger partial charge in [-0.2, -0.15) is 4.98 Å². The molecule has 0 saturated carbocycles. The van der Waals surface area contributed by atoms with E-state index in [1.165, 1.54) is 0 Å². The van der Waals surface area contributed by atoms with Gasteiger partial charge < -0.3 is 10.6 Å². The summed E-state index contributed by atoms with van der Waals surface area (Å²) >= 11 is 5.88. The summed E-state index contributed by atoms with van der Waals surface area (Å²) in [5, 5.41) is 10.7. The van der Waals surface area contributed by atoms with Gasteiger partial charge in [-0.25, -0.2) is 4.52 Å². The highest BCUT2D eigenvalue weighted by atomic mass is 35.5. The zero-order valence-electron chi connectivity index (χ0n) is 11.9. The van der Waals surface area contributed by atoms with Gasteiger partial charge in [0.1, 0.15) is 6.04 Å². The fourth-order valence-electron chi connectivity index (χ4n) is 1.66. The molecule has 2 N–H and O–H groups in total. The Hall–Kier alpha value is -1.82. The van der Waals surface area contributed by atoms with Crippen LogP contribution in [0.4, 0.5) is 5.95 Å². The molecule has 0 spiro atoms. The number of amides is 1. The molecule has 0 saturated heterocycles. The summed E-state index contributed by atoms with van der Waals surface area (Å²) in [6.45, 7) is 7.56. The number of carbonyl (C=O) groups is 1. The van der Waals surface area contributed by atoms with Gasteiger partial charge in [-0.05, 0) is 39.8 Å². The highest BCUT2D eigenvalue weighted by Crippen LogP contribution is 2.12. The molecule has 2 rings (SSSR count). The maximum absolute atomic E-state index is 12.0. The van der Waals surface area contributed by atoms with Crippen LogP contribution in [-0.4, -0.2) is 32.1 Å². The maximum Gasteiger partial charge on any atom is 0.243 e. The SMILES string of the molecule is CC(Nc1nc2ccc(Cl)cn2n1)C(=O)NC(C)(C)C. The average molecular weight is 296 g/mol. The molecular weight excluding hydrogens is 278 g/mol. The number of carbonyl (C=O) groups excluding carboxylic acids is 1. The molecule has 2 heterocycles. The third kappa shape index (κ3) is 3.60. The smallest absolute Gasteiger partial charge is 0.243 e. The molecule has 1 unspecified atom stereocenters. The fourth-order valence-corrected chi connectivity index (χ4v) is 1.81. The van der Waals surface area contributed by atoms with E-state index < -0.39 is 6.04 Å². The molecule has 108 valence electrons. The Morgan fingerprint density at radius 1 is 1.40 bits per heavy atom. The second-order valence-electron chi connectivity index (χ2n) is 5.69. The minimum absolute atomic E-state index is 0.102. The van der Waals surface area contributed by atoms with Crippen molar-refractivity contribution in [1.82, 2.24) is 19.9 Å². The lowest BCUT2D eigenvalue weighted by Crippen LogP contribution is -2.47. The Balaban J connectivity index is 2.09. The quantitative estimate of drug-likeness (QED) is 0.909.